The van der Waals surface area contributed by atoms with Crippen molar-refractivity contribution in [3.63, 3.8) is 0 Å². The lowest BCUT2D eigenvalue weighted by Crippen LogP contribution is -2.58. The molecule has 1 unspecified atom stereocenters. The topological polar surface area (TPSA) is 62.3 Å². The Bertz CT molecular complexity index is 737. The average molecular weight is 436 g/mol. The predicted octanol–water partition coefficient (Wildman–Crippen LogP) is 2.16. The fourth-order valence-electron chi connectivity index (χ4n) is 4.06. The number of ether oxygens (including phenoxy) is 2. The molecule has 1 atom stereocenters. The zero-order valence-corrected chi connectivity index (χ0v) is 18.6. The van der Waals surface area contributed by atoms with E-state index in [0.717, 1.165) is 32.4 Å². The van der Waals surface area contributed by atoms with E-state index in [2.05, 4.69) is 0 Å². The van der Waals surface area contributed by atoms with Gasteiger partial charge in [0.2, 0.25) is 11.8 Å². The van der Waals surface area contributed by atoms with Gasteiger partial charge in [0.25, 0.3) is 0 Å². The van der Waals surface area contributed by atoms with Crippen molar-refractivity contribution in [2.45, 2.75) is 37.7 Å². The predicted molar refractivity (Wildman–Crippen MR) is 115 cm³/mol. The van der Waals surface area contributed by atoms with Crippen LogP contribution >= 0.6 is 0 Å². The number of piperidine rings is 1. The molecular weight excluding hydrogens is 401 g/mol. The molecule has 2 saturated heterocycles. The minimum atomic E-state index is -0.922. The second kappa shape index (κ2) is 10.9. The number of hydrogen-bond acceptors (Lipinski definition) is 5. The molecule has 0 saturated carbocycles. The Hall–Kier alpha value is -2.19. The molecule has 1 aromatic rings. The van der Waals surface area contributed by atoms with Gasteiger partial charge < -0.3 is 24.2 Å². The summed E-state index contributed by atoms with van der Waals surface area (Å²) in [6.07, 6.45) is 3.75. The Morgan fingerprint density at radius 1 is 1.06 bits per heavy atom. The summed E-state index contributed by atoms with van der Waals surface area (Å²) in [7, 11) is 3.87. The largest absolute Gasteiger partial charge is 0.490 e. The molecule has 7 nitrogen and oxygen atoms in total. The summed E-state index contributed by atoms with van der Waals surface area (Å²) in [5.41, 5.74) is -0.922. The maximum absolute atomic E-state index is 13.2. The number of carbonyl (C=O) groups excluding carboxylic acids is 2. The van der Waals surface area contributed by atoms with Crippen molar-refractivity contribution in [2.75, 3.05) is 60.0 Å². The number of nitrogens with zero attached hydrogens (tertiary/aromatic N) is 3. The molecule has 0 aromatic heterocycles. The van der Waals surface area contributed by atoms with Gasteiger partial charge in [-0.05, 0) is 57.6 Å². The maximum atomic E-state index is 13.2. The molecule has 2 aliphatic rings. The Balaban J connectivity index is 1.71. The van der Waals surface area contributed by atoms with Gasteiger partial charge >= 0.3 is 0 Å². The zero-order valence-electron chi connectivity index (χ0n) is 18.6. The van der Waals surface area contributed by atoms with Crippen LogP contribution in [0.1, 0.15) is 32.1 Å². The first kappa shape index (κ1) is 23.5. The third-order valence-electron chi connectivity index (χ3n) is 5.87. The number of hydrogen-bond donors (Lipinski definition) is 0. The molecule has 0 spiro atoms. The second-order valence-corrected chi connectivity index (χ2v) is 8.76. The summed E-state index contributed by atoms with van der Waals surface area (Å²) in [4.78, 5) is 31.5. The van der Waals surface area contributed by atoms with Crippen LogP contribution in [0.2, 0.25) is 0 Å². The van der Waals surface area contributed by atoms with Gasteiger partial charge in [0.05, 0.1) is 19.6 Å². The lowest BCUT2D eigenvalue weighted by Gasteiger charge is -2.43. The molecule has 172 valence electrons. The fraction of sp³-hybridized carbons (Fsp3) is 0.652. The van der Waals surface area contributed by atoms with Gasteiger partial charge in [0.15, 0.2) is 0 Å². The SMILES string of the molecule is CN(C)CCC(=O)N1CCOC(COc2ccc(F)cc2)(CC(=O)N2CCCCC2)C1. The van der Waals surface area contributed by atoms with E-state index in [1.54, 1.807) is 17.0 Å². The Kier molecular flexibility index (Phi) is 8.26. The lowest BCUT2D eigenvalue weighted by molar-refractivity contribution is -0.166. The third-order valence-corrected chi connectivity index (χ3v) is 5.87. The summed E-state index contributed by atoms with van der Waals surface area (Å²) in [6, 6.07) is 5.77. The van der Waals surface area contributed by atoms with Crippen LogP contribution in [0.3, 0.4) is 0 Å². The first-order valence-corrected chi connectivity index (χ1v) is 11.1. The lowest BCUT2D eigenvalue weighted by atomic mass is 9.96. The highest BCUT2D eigenvalue weighted by atomic mass is 19.1. The van der Waals surface area contributed by atoms with Crippen LogP contribution in [0.4, 0.5) is 4.39 Å². The van der Waals surface area contributed by atoms with E-state index >= 15 is 0 Å². The molecule has 2 heterocycles. The van der Waals surface area contributed by atoms with E-state index in [0.29, 0.717) is 38.4 Å². The van der Waals surface area contributed by atoms with Gasteiger partial charge in [-0.25, -0.2) is 4.39 Å². The summed E-state index contributed by atoms with van der Waals surface area (Å²) in [5, 5.41) is 0. The molecule has 0 aliphatic carbocycles. The quantitative estimate of drug-likeness (QED) is 0.626. The number of morpholine rings is 1. The molecule has 0 radical (unpaired) electrons. The second-order valence-electron chi connectivity index (χ2n) is 8.76. The minimum Gasteiger partial charge on any atom is -0.490 e. The summed E-state index contributed by atoms with van der Waals surface area (Å²) >= 11 is 0. The van der Waals surface area contributed by atoms with Gasteiger partial charge in [-0.2, -0.15) is 0 Å². The summed E-state index contributed by atoms with van der Waals surface area (Å²) in [5.74, 6) is 0.248. The van der Waals surface area contributed by atoms with E-state index in [9.17, 15) is 14.0 Å². The molecule has 0 bridgehead atoms. The summed E-state index contributed by atoms with van der Waals surface area (Å²) in [6.45, 7) is 3.48. The normalized spacial score (nSPS) is 21.9. The molecule has 3 rings (SSSR count). The van der Waals surface area contributed by atoms with Gasteiger partial charge in [0, 0.05) is 32.6 Å². The molecule has 2 amide bonds. The van der Waals surface area contributed by atoms with Gasteiger partial charge in [0.1, 0.15) is 23.8 Å². The minimum absolute atomic E-state index is 0.0324. The van der Waals surface area contributed by atoms with E-state index in [4.69, 9.17) is 9.47 Å². The highest BCUT2D eigenvalue weighted by Crippen LogP contribution is 2.27. The van der Waals surface area contributed by atoms with Crippen molar-refractivity contribution >= 4 is 11.8 Å². The first-order chi connectivity index (χ1) is 14.9. The van der Waals surface area contributed by atoms with E-state index < -0.39 is 5.60 Å². The van der Waals surface area contributed by atoms with E-state index in [1.807, 2.05) is 23.9 Å². The average Bonchev–Trinajstić information content (AvgIpc) is 2.78. The number of amides is 2. The molecule has 31 heavy (non-hydrogen) atoms. The van der Waals surface area contributed by atoms with Gasteiger partial charge in [-0.1, -0.05) is 0 Å². The van der Waals surface area contributed by atoms with Crippen molar-refractivity contribution in [2.24, 2.45) is 0 Å². The maximum Gasteiger partial charge on any atom is 0.225 e. The van der Waals surface area contributed by atoms with Crippen molar-refractivity contribution in [3.05, 3.63) is 30.1 Å². The smallest absolute Gasteiger partial charge is 0.225 e. The van der Waals surface area contributed by atoms with Gasteiger partial charge in [-0.15, -0.1) is 0 Å². The van der Waals surface area contributed by atoms with Gasteiger partial charge in [-0.3, -0.25) is 9.59 Å². The molecule has 2 aliphatic heterocycles. The van der Waals surface area contributed by atoms with Crippen LogP contribution in [-0.4, -0.2) is 92.1 Å². The Morgan fingerprint density at radius 3 is 2.45 bits per heavy atom. The molecule has 8 heteroatoms. The number of halogens is 1. The first-order valence-electron chi connectivity index (χ1n) is 11.1. The standard InChI is InChI=1S/C23H34FN3O4/c1-25(2)13-10-21(28)27-14-15-31-23(17-27,16-22(29)26-11-4-3-5-12-26)18-30-20-8-6-19(24)7-9-20/h6-9H,3-5,10-18H2,1-2H3. The number of rotatable bonds is 8. The van der Waals surface area contributed by atoms with Crippen molar-refractivity contribution < 1.29 is 23.5 Å². The van der Waals surface area contributed by atoms with Crippen LogP contribution in [0, 0.1) is 5.82 Å². The third kappa shape index (κ3) is 6.90. The van der Waals surface area contributed by atoms with E-state index in [1.165, 1.54) is 12.1 Å². The van der Waals surface area contributed by atoms with Crippen LogP contribution < -0.4 is 4.74 Å². The molecule has 2 fully saturated rings. The highest BCUT2D eigenvalue weighted by molar-refractivity contribution is 5.79. The molecule has 1 aromatic carbocycles. The number of carbonyl (C=O) groups is 2. The van der Waals surface area contributed by atoms with Crippen LogP contribution in [0.5, 0.6) is 5.75 Å². The van der Waals surface area contributed by atoms with Crippen LogP contribution in [-0.2, 0) is 14.3 Å². The van der Waals surface area contributed by atoms with Crippen molar-refractivity contribution in [1.29, 1.82) is 0 Å². The van der Waals surface area contributed by atoms with E-state index in [-0.39, 0.29) is 30.7 Å². The fourth-order valence-corrected chi connectivity index (χ4v) is 4.06. The number of benzene rings is 1. The van der Waals surface area contributed by atoms with Crippen molar-refractivity contribution in [3.8, 4) is 5.75 Å². The monoisotopic (exact) mass is 435 g/mol. The highest BCUT2D eigenvalue weighted by Gasteiger charge is 2.42. The Labute approximate surface area is 184 Å². The summed E-state index contributed by atoms with van der Waals surface area (Å²) < 4.78 is 25.3. The van der Waals surface area contributed by atoms with Crippen LogP contribution in [0.25, 0.3) is 0 Å². The number of likely N-dealkylation sites (tertiary alicyclic amines) is 1. The Morgan fingerprint density at radius 2 is 1.77 bits per heavy atom. The van der Waals surface area contributed by atoms with Crippen molar-refractivity contribution in [1.82, 2.24) is 14.7 Å². The zero-order chi connectivity index (χ0) is 22.3. The molecular formula is C23H34FN3O4. The molecule has 0 N–H and O–H groups in total. The van der Waals surface area contributed by atoms with Crippen LogP contribution in [0.15, 0.2) is 24.3 Å².